The van der Waals surface area contributed by atoms with E-state index >= 15 is 0 Å². The Morgan fingerprint density at radius 1 is 1.27 bits per heavy atom. The molecule has 0 spiro atoms. The molecule has 2 aliphatic rings. The van der Waals surface area contributed by atoms with Crippen molar-refractivity contribution >= 4 is 11.6 Å². The van der Waals surface area contributed by atoms with Crippen molar-refractivity contribution in [3.63, 3.8) is 0 Å². The van der Waals surface area contributed by atoms with Crippen molar-refractivity contribution in [2.24, 2.45) is 5.92 Å². The quantitative estimate of drug-likeness (QED) is 0.850. The molecule has 0 aromatic heterocycles. The molecule has 1 unspecified atom stereocenters. The summed E-state index contributed by atoms with van der Waals surface area (Å²) in [6.45, 7) is 7.50. The van der Waals surface area contributed by atoms with E-state index in [9.17, 15) is 9.90 Å². The largest absolute Gasteiger partial charge is 0.392 e. The van der Waals surface area contributed by atoms with Crippen molar-refractivity contribution in [1.29, 1.82) is 0 Å². The second kappa shape index (κ2) is 8.62. The molecule has 0 radical (unpaired) electrons. The molecule has 1 aliphatic heterocycles. The molecule has 1 amide bonds. The fourth-order valence-electron chi connectivity index (χ4n) is 3.45. The standard InChI is InChI=1S/C21H29N3O2/c1-16-3-8-20(13-19(16)15-25)22-21(26)18-6-4-17(5-7-18)14-24-11-9-23(2)10-12-24/h3-4,6-8,13,17,25H,5,9-12,14-15H2,1-2H3,(H,22,26). The Balaban J connectivity index is 1.52. The summed E-state index contributed by atoms with van der Waals surface area (Å²) in [6.07, 6.45) is 7.06. The van der Waals surface area contributed by atoms with Crippen molar-refractivity contribution in [1.82, 2.24) is 9.80 Å². The monoisotopic (exact) mass is 355 g/mol. The van der Waals surface area contributed by atoms with Gasteiger partial charge >= 0.3 is 0 Å². The van der Waals surface area contributed by atoms with Gasteiger partial charge in [0.05, 0.1) is 6.61 Å². The van der Waals surface area contributed by atoms with E-state index in [1.54, 1.807) is 0 Å². The van der Waals surface area contributed by atoms with Gasteiger partial charge in [0.15, 0.2) is 0 Å². The number of amides is 1. The molecule has 5 heteroatoms. The number of piperazine rings is 1. The molecule has 26 heavy (non-hydrogen) atoms. The Bertz CT molecular complexity index is 703. The molecular formula is C21H29N3O2. The summed E-state index contributed by atoms with van der Waals surface area (Å²) in [5, 5.41) is 12.3. The first-order valence-corrected chi connectivity index (χ1v) is 9.36. The van der Waals surface area contributed by atoms with Crippen molar-refractivity contribution in [3.8, 4) is 0 Å². The third-order valence-corrected chi connectivity index (χ3v) is 5.32. The van der Waals surface area contributed by atoms with Gasteiger partial charge in [0.25, 0.3) is 5.91 Å². The topological polar surface area (TPSA) is 55.8 Å². The van der Waals surface area contributed by atoms with E-state index in [2.05, 4.69) is 28.2 Å². The number of rotatable bonds is 5. The first-order valence-electron chi connectivity index (χ1n) is 9.36. The van der Waals surface area contributed by atoms with Crippen LogP contribution in [-0.2, 0) is 11.4 Å². The molecule has 1 aromatic rings. The van der Waals surface area contributed by atoms with Crippen LogP contribution in [0.15, 0.2) is 42.0 Å². The van der Waals surface area contributed by atoms with Crippen LogP contribution >= 0.6 is 0 Å². The number of nitrogens with one attached hydrogen (secondary N) is 1. The number of aryl methyl sites for hydroxylation is 1. The fraction of sp³-hybridized carbons (Fsp3) is 0.476. The third-order valence-electron chi connectivity index (χ3n) is 5.32. The van der Waals surface area contributed by atoms with Gasteiger partial charge in [-0.25, -0.2) is 0 Å². The lowest BCUT2D eigenvalue weighted by Crippen LogP contribution is -2.46. The molecule has 140 valence electrons. The van der Waals surface area contributed by atoms with Crippen molar-refractivity contribution < 1.29 is 9.90 Å². The Morgan fingerprint density at radius 2 is 2.04 bits per heavy atom. The zero-order valence-electron chi connectivity index (χ0n) is 15.7. The number of carbonyl (C=O) groups excluding carboxylic acids is 1. The van der Waals surface area contributed by atoms with Gasteiger partial charge in [-0.1, -0.05) is 24.3 Å². The smallest absolute Gasteiger partial charge is 0.255 e. The van der Waals surface area contributed by atoms with Crippen molar-refractivity contribution in [3.05, 3.63) is 53.1 Å². The van der Waals surface area contributed by atoms with Gasteiger partial charge in [0.2, 0.25) is 0 Å². The molecule has 1 aromatic carbocycles. The summed E-state index contributed by atoms with van der Waals surface area (Å²) in [4.78, 5) is 17.4. The summed E-state index contributed by atoms with van der Waals surface area (Å²) in [5.41, 5.74) is 3.29. The van der Waals surface area contributed by atoms with Gasteiger partial charge in [-0.05, 0) is 49.6 Å². The first-order chi connectivity index (χ1) is 12.5. The SMILES string of the molecule is Cc1ccc(NC(=O)C2=CCC(CN3CCN(C)CC3)C=C2)cc1CO. The minimum Gasteiger partial charge on any atom is -0.392 e. The Kier molecular flexibility index (Phi) is 6.25. The molecule has 1 saturated heterocycles. The summed E-state index contributed by atoms with van der Waals surface area (Å²) in [5.74, 6) is 0.391. The predicted octanol–water partition coefficient (Wildman–Crippen LogP) is 2.18. The molecule has 0 saturated carbocycles. The molecule has 2 N–H and O–H groups in total. The highest BCUT2D eigenvalue weighted by atomic mass is 16.3. The van der Waals surface area contributed by atoms with E-state index in [0.717, 1.165) is 56.0 Å². The lowest BCUT2D eigenvalue weighted by Gasteiger charge is -2.34. The molecule has 1 fully saturated rings. The highest BCUT2D eigenvalue weighted by Crippen LogP contribution is 2.21. The highest BCUT2D eigenvalue weighted by molar-refractivity contribution is 6.05. The third kappa shape index (κ3) is 4.81. The molecule has 1 heterocycles. The van der Waals surface area contributed by atoms with Crippen molar-refractivity contribution in [2.75, 3.05) is 45.1 Å². The minimum atomic E-state index is -0.0907. The van der Waals surface area contributed by atoms with Crippen LogP contribution in [0.4, 0.5) is 5.69 Å². The fourth-order valence-corrected chi connectivity index (χ4v) is 3.45. The van der Waals surface area contributed by atoms with E-state index in [4.69, 9.17) is 0 Å². The van der Waals surface area contributed by atoms with Gasteiger partial charge in [0.1, 0.15) is 0 Å². The average molecular weight is 355 g/mol. The van der Waals surface area contributed by atoms with Crippen LogP contribution in [0.25, 0.3) is 0 Å². The maximum Gasteiger partial charge on any atom is 0.255 e. The normalized spacial score (nSPS) is 21.5. The average Bonchev–Trinajstić information content (AvgIpc) is 2.65. The van der Waals surface area contributed by atoms with Crippen LogP contribution in [0.5, 0.6) is 0 Å². The summed E-state index contributed by atoms with van der Waals surface area (Å²) >= 11 is 0. The number of aliphatic hydroxyl groups excluding tert-OH is 1. The molecule has 3 rings (SSSR count). The van der Waals surface area contributed by atoms with Crippen LogP contribution in [0.3, 0.4) is 0 Å². The first kappa shape index (κ1) is 18.8. The molecule has 0 bridgehead atoms. The number of nitrogens with zero attached hydrogens (tertiary/aromatic N) is 2. The maximum absolute atomic E-state index is 12.5. The second-order valence-electron chi connectivity index (χ2n) is 7.37. The molecule has 1 atom stereocenters. The predicted molar refractivity (Wildman–Crippen MR) is 105 cm³/mol. The number of benzene rings is 1. The second-order valence-corrected chi connectivity index (χ2v) is 7.37. The Labute approximate surface area is 156 Å². The Morgan fingerprint density at radius 3 is 2.69 bits per heavy atom. The van der Waals surface area contributed by atoms with E-state index in [1.807, 2.05) is 37.3 Å². The molecular weight excluding hydrogens is 326 g/mol. The van der Waals surface area contributed by atoms with Gasteiger partial charge in [-0.15, -0.1) is 0 Å². The zero-order valence-corrected chi connectivity index (χ0v) is 15.7. The van der Waals surface area contributed by atoms with Crippen LogP contribution in [-0.4, -0.2) is 60.6 Å². The maximum atomic E-state index is 12.5. The Hall–Kier alpha value is -1.95. The minimum absolute atomic E-state index is 0.0217. The van der Waals surface area contributed by atoms with E-state index in [0.29, 0.717) is 11.5 Å². The summed E-state index contributed by atoms with van der Waals surface area (Å²) in [7, 11) is 2.17. The summed E-state index contributed by atoms with van der Waals surface area (Å²) in [6, 6.07) is 5.62. The van der Waals surface area contributed by atoms with Crippen LogP contribution in [0, 0.1) is 12.8 Å². The lowest BCUT2D eigenvalue weighted by molar-refractivity contribution is -0.112. The van der Waals surface area contributed by atoms with Crippen LogP contribution in [0.1, 0.15) is 17.5 Å². The lowest BCUT2D eigenvalue weighted by atomic mass is 9.95. The van der Waals surface area contributed by atoms with E-state index in [-0.39, 0.29) is 12.5 Å². The number of carbonyl (C=O) groups is 1. The number of hydrogen-bond acceptors (Lipinski definition) is 4. The van der Waals surface area contributed by atoms with Crippen molar-refractivity contribution in [2.45, 2.75) is 20.0 Å². The molecule has 1 aliphatic carbocycles. The number of likely N-dealkylation sites (N-methyl/N-ethyl adjacent to an activating group) is 1. The van der Waals surface area contributed by atoms with Gasteiger partial charge in [0, 0.05) is 44.0 Å². The highest BCUT2D eigenvalue weighted by Gasteiger charge is 2.19. The zero-order chi connectivity index (χ0) is 18.5. The van der Waals surface area contributed by atoms with Gasteiger partial charge < -0.3 is 20.2 Å². The van der Waals surface area contributed by atoms with Gasteiger partial charge in [-0.2, -0.15) is 0 Å². The number of aliphatic hydroxyl groups is 1. The van der Waals surface area contributed by atoms with Crippen LogP contribution in [0.2, 0.25) is 0 Å². The van der Waals surface area contributed by atoms with Gasteiger partial charge in [-0.3, -0.25) is 4.79 Å². The number of hydrogen-bond donors (Lipinski definition) is 2. The van der Waals surface area contributed by atoms with E-state index in [1.165, 1.54) is 0 Å². The summed E-state index contributed by atoms with van der Waals surface area (Å²) < 4.78 is 0. The number of anilines is 1. The van der Waals surface area contributed by atoms with E-state index < -0.39 is 0 Å². The number of allylic oxidation sites excluding steroid dienone is 1. The molecule has 5 nitrogen and oxygen atoms in total. The van der Waals surface area contributed by atoms with Crippen LogP contribution < -0.4 is 5.32 Å².